The highest BCUT2D eigenvalue weighted by molar-refractivity contribution is 7.80. The fourth-order valence-electron chi connectivity index (χ4n) is 1.61. The van der Waals surface area contributed by atoms with Crippen LogP contribution >= 0.6 is 12.2 Å². The maximum Gasteiger partial charge on any atom is 0.304 e. The summed E-state index contributed by atoms with van der Waals surface area (Å²) in [6.45, 7) is 0. The van der Waals surface area contributed by atoms with E-state index in [9.17, 15) is 9.90 Å². The van der Waals surface area contributed by atoms with Crippen LogP contribution < -0.4 is 12.3 Å². The number of aromatic amines is 1. The lowest BCUT2D eigenvalue weighted by atomic mass is 10.1. The van der Waals surface area contributed by atoms with Gasteiger partial charge in [0.1, 0.15) is 5.82 Å². The summed E-state index contributed by atoms with van der Waals surface area (Å²) >= 11 is 4.65. The Hall–Kier alpha value is -2.03. The lowest BCUT2D eigenvalue weighted by molar-refractivity contribution is -0.137. The standard InChI is InChI=1S/C11H10N2O3S.2H3N/c14-9(15)5-6(11(16)17)10-12-7-3-1-2-4-8(7)13-10;;/h1-4,6H,5H2,(H,12,13)(H,14,15)(H,16,17);2*1H3. The normalized spacial score (nSPS) is 11.2. The Morgan fingerprint density at radius 2 is 1.95 bits per heavy atom. The number of H-pyrrole nitrogens is 1. The van der Waals surface area contributed by atoms with Crippen molar-refractivity contribution in [1.82, 2.24) is 22.3 Å². The topological polar surface area (TPSA) is 156 Å². The number of carbonyl (C=O) groups is 1. The first-order valence-electron chi connectivity index (χ1n) is 4.97. The predicted octanol–water partition coefficient (Wildman–Crippen LogP) is 2.33. The molecule has 0 fully saturated rings. The molecule has 0 spiro atoms. The number of benzene rings is 1. The first kappa shape index (κ1) is 17.0. The zero-order valence-electron chi connectivity index (χ0n) is 10.2. The summed E-state index contributed by atoms with van der Waals surface area (Å²) in [5.74, 6) is -1.44. The van der Waals surface area contributed by atoms with Crippen molar-refractivity contribution in [2.45, 2.75) is 12.3 Å². The lowest BCUT2D eigenvalue weighted by Crippen LogP contribution is -2.15. The fraction of sp³-hybridized carbons (Fsp3) is 0.182. The molecule has 0 bridgehead atoms. The summed E-state index contributed by atoms with van der Waals surface area (Å²) in [5, 5.41) is 17.7. The highest BCUT2D eigenvalue weighted by Gasteiger charge is 2.23. The molecule has 8 heteroatoms. The highest BCUT2D eigenvalue weighted by Crippen LogP contribution is 2.21. The maximum absolute atomic E-state index is 10.7. The van der Waals surface area contributed by atoms with Gasteiger partial charge in [0, 0.05) is 0 Å². The number of carboxylic acids is 1. The Morgan fingerprint density at radius 3 is 2.47 bits per heavy atom. The van der Waals surface area contributed by atoms with E-state index in [2.05, 4.69) is 22.2 Å². The number of aromatic nitrogens is 2. The molecule has 2 rings (SSSR count). The number of aliphatic hydroxyl groups excluding tert-OH is 1. The minimum absolute atomic E-state index is 0. The number of carboxylic acid groups (broad SMARTS) is 1. The number of hydrogen-bond donors (Lipinski definition) is 5. The molecule has 104 valence electrons. The Balaban J connectivity index is 0.00000162. The average Bonchev–Trinajstić information content (AvgIpc) is 2.68. The molecular formula is C11H16N4O3S. The summed E-state index contributed by atoms with van der Waals surface area (Å²) in [6, 6.07) is 7.29. The largest absolute Gasteiger partial charge is 0.501 e. The van der Waals surface area contributed by atoms with Crippen molar-refractivity contribution in [2.75, 3.05) is 0 Å². The van der Waals surface area contributed by atoms with Gasteiger partial charge in [0.15, 0.2) is 5.05 Å². The Kier molecular flexibility index (Phi) is 6.06. The summed E-state index contributed by atoms with van der Waals surface area (Å²) in [5.41, 5.74) is 1.50. The van der Waals surface area contributed by atoms with E-state index in [-0.39, 0.29) is 23.8 Å². The number of hydrogen-bond acceptors (Lipinski definition) is 5. The van der Waals surface area contributed by atoms with E-state index >= 15 is 0 Å². The number of aliphatic carboxylic acids is 1. The summed E-state index contributed by atoms with van der Waals surface area (Å²) in [4.78, 5) is 17.9. The van der Waals surface area contributed by atoms with Crippen LogP contribution in [0.25, 0.3) is 11.0 Å². The van der Waals surface area contributed by atoms with Crippen molar-refractivity contribution in [3.8, 4) is 0 Å². The van der Waals surface area contributed by atoms with E-state index in [1.807, 2.05) is 18.2 Å². The van der Waals surface area contributed by atoms with Gasteiger partial charge in [0.2, 0.25) is 0 Å². The third-order valence-corrected chi connectivity index (χ3v) is 2.70. The smallest absolute Gasteiger partial charge is 0.304 e. The van der Waals surface area contributed by atoms with Crippen LogP contribution in [0.4, 0.5) is 0 Å². The molecule has 0 aliphatic carbocycles. The molecule has 1 atom stereocenters. The Bertz CT molecular complexity index is 551. The SMILES string of the molecule is N.N.O=C(O)CC(C(O)=S)c1nc2ccccc2[nH]1. The molecule has 2 aromatic rings. The molecule has 7 nitrogen and oxygen atoms in total. The van der Waals surface area contributed by atoms with Crippen LogP contribution in [0.1, 0.15) is 18.2 Å². The molecule has 0 aliphatic rings. The molecule has 0 radical (unpaired) electrons. The second kappa shape index (κ2) is 6.78. The molecule has 1 unspecified atom stereocenters. The van der Waals surface area contributed by atoms with Crippen molar-refractivity contribution in [3.05, 3.63) is 30.1 Å². The molecular weight excluding hydrogens is 268 g/mol. The van der Waals surface area contributed by atoms with E-state index in [0.29, 0.717) is 11.3 Å². The first-order chi connectivity index (χ1) is 8.08. The number of para-hydroxylation sites is 2. The molecule has 19 heavy (non-hydrogen) atoms. The Morgan fingerprint density at radius 1 is 1.32 bits per heavy atom. The summed E-state index contributed by atoms with van der Waals surface area (Å²) < 4.78 is 0. The van der Waals surface area contributed by atoms with Gasteiger partial charge in [-0.15, -0.1) is 0 Å². The van der Waals surface area contributed by atoms with Crippen LogP contribution in [0.5, 0.6) is 0 Å². The van der Waals surface area contributed by atoms with Gasteiger partial charge in [0.05, 0.1) is 23.4 Å². The number of aliphatic hydroxyl groups is 1. The van der Waals surface area contributed by atoms with Crippen molar-refractivity contribution in [3.63, 3.8) is 0 Å². The van der Waals surface area contributed by atoms with Gasteiger partial charge < -0.3 is 27.5 Å². The lowest BCUT2D eigenvalue weighted by Gasteiger charge is -2.08. The maximum atomic E-state index is 10.7. The molecule has 0 aliphatic heterocycles. The molecule has 1 heterocycles. The molecule has 0 saturated heterocycles. The van der Waals surface area contributed by atoms with Crippen LogP contribution in [-0.4, -0.2) is 31.2 Å². The molecule has 9 N–H and O–H groups in total. The quantitative estimate of drug-likeness (QED) is 0.539. The fourth-order valence-corrected chi connectivity index (χ4v) is 1.81. The number of thiocarbonyl (C=S) groups is 1. The summed E-state index contributed by atoms with van der Waals surface area (Å²) in [6.07, 6.45) is -0.283. The number of imidazole rings is 1. The molecule has 0 saturated carbocycles. The van der Waals surface area contributed by atoms with Gasteiger partial charge in [-0.25, -0.2) is 4.98 Å². The third-order valence-electron chi connectivity index (χ3n) is 2.41. The third kappa shape index (κ3) is 3.71. The van der Waals surface area contributed by atoms with Gasteiger partial charge in [-0.3, -0.25) is 4.79 Å². The van der Waals surface area contributed by atoms with E-state index in [1.54, 1.807) is 6.07 Å². The van der Waals surface area contributed by atoms with Crippen LogP contribution in [0, 0.1) is 0 Å². The van der Waals surface area contributed by atoms with Crippen molar-refractivity contribution >= 4 is 34.3 Å². The number of nitrogens with zero attached hydrogens (tertiary/aromatic N) is 1. The Labute approximate surface area is 114 Å². The zero-order chi connectivity index (χ0) is 12.4. The first-order valence-corrected chi connectivity index (χ1v) is 5.38. The van der Waals surface area contributed by atoms with E-state index in [1.165, 1.54) is 0 Å². The number of fused-ring (bicyclic) bond motifs is 1. The van der Waals surface area contributed by atoms with Crippen LogP contribution in [0.2, 0.25) is 0 Å². The van der Waals surface area contributed by atoms with Crippen molar-refractivity contribution in [2.24, 2.45) is 0 Å². The zero-order valence-corrected chi connectivity index (χ0v) is 11.0. The van der Waals surface area contributed by atoms with E-state index in [0.717, 1.165) is 5.52 Å². The van der Waals surface area contributed by atoms with Crippen LogP contribution in [0.15, 0.2) is 24.3 Å². The minimum Gasteiger partial charge on any atom is -0.501 e. The second-order valence-electron chi connectivity index (χ2n) is 3.63. The summed E-state index contributed by atoms with van der Waals surface area (Å²) in [7, 11) is 0. The average molecular weight is 284 g/mol. The highest BCUT2D eigenvalue weighted by atomic mass is 32.1. The van der Waals surface area contributed by atoms with Gasteiger partial charge in [0.25, 0.3) is 0 Å². The molecule has 1 aromatic heterocycles. The number of rotatable bonds is 4. The van der Waals surface area contributed by atoms with Gasteiger partial charge in [-0.2, -0.15) is 0 Å². The van der Waals surface area contributed by atoms with E-state index < -0.39 is 11.9 Å². The second-order valence-corrected chi connectivity index (χ2v) is 4.05. The van der Waals surface area contributed by atoms with Crippen LogP contribution in [0.3, 0.4) is 0 Å². The number of nitrogens with one attached hydrogen (secondary N) is 1. The minimum atomic E-state index is -1.04. The van der Waals surface area contributed by atoms with E-state index in [4.69, 9.17) is 5.11 Å². The van der Waals surface area contributed by atoms with Gasteiger partial charge in [-0.1, -0.05) is 12.1 Å². The monoisotopic (exact) mass is 284 g/mol. The van der Waals surface area contributed by atoms with Crippen LogP contribution in [-0.2, 0) is 4.79 Å². The van der Waals surface area contributed by atoms with Gasteiger partial charge >= 0.3 is 5.97 Å². The van der Waals surface area contributed by atoms with Gasteiger partial charge in [-0.05, 0) is 24.4 Å². The molecule has 0 amide bonds. The van der Waals surface area contributed by atoms with Crippen molar-refractivity contribution < 1.29 is 15.0 Å². The molecule has 1 aromatic carbocycles. The predicted molar refractivity (Wildman–Crippen MR) is 76.4 cm³/mol. The van der Waals surface area contributed by atoms with Crippen molar-refractivity contribution in [1.29, 1.82) is 0 Å².